The maximum absolute atomic E-state index is 12.6. The number of hydrogen-bond acceptors (Lipinski definition) is 5. The van der Waals surface area contributed by atoms with Gasteiger partial charge in [0.25, 0.3) is 6.43 Å². The number of carbonyl (C=O) groups is 1. The number of hydrogen-bond donors (Lipinski definition) is 1. The van der Waals surface area contributed by atoms with Gasteiger partial charge in [0.15, 0.2) is 0 Å². The number of ether oxygens (including phenoxy) is 1. The summed E-state index contributed by atoms with van der Waals surface area (Å²) in [6.45, 7) is 0.798. The molecule has 1 aliphatic rings. The summed E-state index contributed by atoms with van der Waals surface area (Å²) < 4.78 is 29.9. The van der Waals surface area contributed by atoms with Crippen LogP contribution >= 0.6 is 0 Å². The van der Waals surface area contributed by atoms with E-state index in [1.165, 1.54) is 13.3 Å². The molecule has 0 bridgehead atoms. The first-order chi connectivity index (χ1) is 12.1. The van der Waals surface area contributed by atoms with Crippen LogP contribution in [0.1, 0.15) is 58.5 Å². The molecule has 3 rings (SSSR count). The highest BCUT2D eigenvalue weighted by Crippen LogP contribution is 2.33. The molecule has 2 heterocycles. The fraction of sp³-hybridized carbons (Fsp3) is 0.389. The van der Waals surface area contributed by atoms with Gasteiger partial charge in [-0.1, -0.05) is 12.1 Å². The van der Waals surface area contributed by atoms with Gasteiger partial charge in [-0.2, -0.15) is 0 Å². The molecule has 1 fully saturated rings. The zero-order chi connectivity index (χ0) is 17.8. The Bertz CT molecular complexity index is 720. The topological polar surface area (TPSA) is 64.1 Å². The van der Waals surface area contributed by atoms with Gasteiger partial charge in [0.2, 0.25) is 0 Å². The van der Waals surface area contributed by atoms with E-state index < -0.39 is 6.43 Å². The second kappa shape index (κ2) is 7.65. The molecule has 0 spiro atoms. The Labute approximate surface area is 144 Å². The first-order valence-electron chi connectivity index (χ1n) is 8.10. The van der Waals surface area contributed by atoms with Crippen LogP contribution < -0.4 is 5.32 Å². The number of benzene rings is 1. The van der Waals surface area contributed by atoms with Crippen LogP contribution in [0.2, 0.25) is 0 Å². The van der Waals surface area contributed by atoms with Crippen molar-refractivity contribution in [2.24, 2.45) is 0 Å². The molecule has 1 aromatic carbocycles. The molecule has 1 unspecified atom stereocenters. The van der Waals surface area contributed by atoms with Gasteiger partial charge >= 0.3 is 5.97 Å². The largest absolute Gasteiger partial charge is 0.465 e. The number of rotatable bonds is 4. The van der Waals surface area contributed by atoms with Crippen LogP contribution in [0.5, 0.6) is 0 Å². The number of carbonyl (C=O) groups excluding carboxylic acids is 1. The highest BCUT2D eigenvalue weighted by molar-refractivity contribution is 5.89. The van der Waals surface area contributed by atoms with E-state index in [4.69, 9.17) is 4.74 Å². The minimum absolute atomic E-state index is 0.113. The second-order valence-electron chi connectivity index (χ2n) is 6.01. The van der Waals surface area contributed by atoms with Crippen LogP contribution in [0, 0.1) is 0 Å². The summed E-state index contributed by atoms with van der Waals surface area (Å²) in [4.78, 5) is 19.5. The molecule has 0 radical (unpaired) electrons. The Morgan fingerprint density at radius 2 is 2.00 bits per heavy atom. The lowest BCUT2D eigenvalue weighted by Gasteiger charge is -2.30. The smallest absolute Gasteiger partial charge is 0.337 e. The van der Waals surface area contributed by atoms with Crippen LogP contribution in [-0.4, -0.2) is 29.6 Å². The summed E-state index contributed by atoms with van der Waals surface area (Å²) >= 11 is 0. The number of nitrogens with zero attached hydrogens (tertiary/aromatic N) is 2. The molecule has 1 aromatic heterocycles. The Balaban J connectivity index is 1.71. The highest BCUT2D eigenvalue weighted by Gasteiger charge is 2.25. The molecule has 2 aromatic rings. The summed E-state index contributed by atoms with van der Waals surface area (Å²) in [6, 6.07) is 7.39. The summed E-state index contributed by atoms with van der Waals surface area (Å²) in [7, 11) is 1.35. The van der Waals surface area contributed by atoms with Gasteiger partial charge in [0.05, 0.1) is 24.6 Å². The van der Waals surface area contributed by atoms with Crippen molar-refractivity contribution in [1.82, 2.24) is 15.3 Å². The van der Waals surface area contributed by atoms with Crippen molar-refractivity contribution in [3.63, 3.8) is 0 Å². The van der Waals surface area contributed by atoms with E-state index in [9.17, 15) is 13.6 Å². The molecule has 2 atom stereocenters. The zero-order valence-electron chi connectivity index (χ0n) is 13.8. The molecular weight excluding hydrogens is 328 g/mol. The molecule has 132 valence electrons. The highest BCUT2D eigenvalue weighted by atomic mass is 19.3. The van der Waals surface area contributed by atoms with Gasteiger partial charge in [-0.25, -0.2) is 13.6 Å². The third-order valence-electron chi connectivity index (χ3n) is 4.47. The number of esters is 1. The van der Waals surface area contributed by atoms with Crippen LogP contribution in [0.3, 0.4) is 0 Å². The summed E-state index contributed by atoms with van der Waals surface area (Å²) in [5, 5.41) is 3.44. The lowest BCUT2D eigenvalue weighted by Crippen LogP contribution is -2.31. The first kappa shape index (κ1) is 17.4. The van der Waals surface area contributed by atoms with Gasteiger partial charge in [-0.05, 0) is 37.1 Å². The van der Waals surface area contributed by atoms with E-state index in [1.54, 1.807) is 12.1 Å². The Hall–Kier alpha value is -2.41. The van der Waals surface area contributed by atoms with Gasteiger partial charge in [-0.3, -0.25) is 9.97 Å². The average molecular weight is 347 g/mol. The van der Waals surface area contributed by atoms with Gasteiger partial charge in [0.1, 0.15) is 5.69 Å². The van der Waals surface area contributed by atoms with Crippen molar-refractivity contribution in [3.05, 3.63) is 59.2 Å². The predicted molar refractivity (Wildman–Crippen MR) is 87.5 cm³/mol. The molecular formula is C18H19F2N3O2. The number of aromatic nitrogens is 2. The molecule has 0 aliphatic carbocycles. The van der Waals surface area contributed by atoms with Crippen LogP contribution in [0.15, 0.2) is 36.7 Å². The van der Waals surface area contributed by atoms with Crippen LogP contribution in [-0.2, 0) is 4.74 Å². The van der Waals surface area contributed by atoms with Crippen molar-refractivity contribution in [1.29, 1.82) is 0 Å². The van der Waals surface area contributed by atoms with Crippen molar-refractivity contribution in [2.45, 2.75) is 31.2 Å². The van der Waals surface area contributed by atoms with Crippen molar-refractivity contribution >= 4 is 5.97 Å². The van der Waals surface area contributed by atoms with E-state index in [-0.39, 0.29) is 23.6 Å². The number of piperidine rings is 1. The maximum atomic E-state index is 12.6. The fourth-order valence-electron chi connectivity index (χ4n) is 3.08. The van der Waals surface area contributed by atoms with Gasteiger partial charge in [0, 0.05) is 18.2 Å². The number of alkyl halides is 2. The Morgan fingerprint density at radius 3 is 2.60 bits per heavy atom. The van der Waals surface area contributed by atoms with Crippen LogP contribution in [0.25, 0.3) is 0 Å². The van der Waals surface area contributed by atoms with Crippen molar-refractivity contribution in [2.75, 3.05) is 13.7 Å². The minimum Gasteiger partial charge on any atom is -0.465 e. The third kappa shape index (κ3) is 3.99. The number of methoxy groups -OCH3 is 1. The normalized spacial score (nSPS) is 20.5. The van der Waals surface area contributed by atoms with E-state index in [0.29, 0.717) is 5.56 Å². The molecule has 25 heavy (non-hydrogen) atoms. The van der Waals surface area contributed by atoms with E-state index in [0.717, 1.165) is 36.8 Å². The van der Waals surface area contributed by atoms with E-state index in [2.05, 4.69) is 15.3 Å². The zero-order valence-corrected chi connectivity index (χ0v) is 13.8. The molecule has 1 aliphatic heterocycles. The lowest BCUT2D eigenvalue weighted by molar-refractivity contribution is 0.0600. The number of halogens is 2. The summed E-state index contributed by atoms with van der Waals surface area (Å²) in [6.07, 6.45) is 1.67. The molecule has 1 saturated heterocycles. The molecule has 0 amide bonds. The fourth-order valence-corrected chi connectivity index (χ4v) is 3.08. The molecule has 1 N–H and O–H groups in total. The van der Waals surface area contributed by atoms with Crippen molar-refractivity contribution in [3.8, 4) is 0 Å². The molecule has 5 nitrogen and oxygen atoms in total. The van der Waals surface area contributed by atoms with Gasteiger partial charge in [-0.15, -0.1) is 0 Å². The third-order valence-corrected chi connectivity index (χ3v) is 4.47. The lowest BCUT2D eigenvalue weighted by atomic mass is 9.86. The Kier molecular flexibility index (Phi) is 5.33. The summed E-state index contributed by atoms with van der Waals surface area (Å²) in [5.41, 5.74) is 2.01. The second-order valence-corrected chi connectivity index (χ2v) is 6.01. The maximum Gasteiger partial charge on any atom is 0.337 e. The van der Waals surface area contributed by atoms with E-state index >= 15 is 0 Å². The van der Waals surface area contributed by atoms with E-state index in [1.807, 2.05) is 12.1 Å². The quantitative estimate of drug-likeness (QED) is 0.859. The van der Waals surface area contributed by atoms with Gasteiger partial charge < -0.3 is 10.1 Å². The Morgan fingerprint density at radius 1 is 1.24 bits per heavy atom. The monoisotopic (exact) mass is 347 g/mol. The van der Waals surface area contributed by atoms with Crippen LogP contribution in [0.4, 0.5) is 8.78 Å². The summed E-state index contributed by atoms with van der Waals surface area (Å²) in [5.74, 6) is -0.207. The average Bonchev–Trinajstić information content (AvgIpc) is 2.67. The van der Waals surface area contributed by atoms with Crippen molar-refractivity contribution < 1.29 is 18.3 Å². The number of nitrogens with one attached hydrogen (secondary N) is 1. The first-order valence-corrected chi connectivity index (χ1v) is 8.10. The predicted octanol–water partition coefficient (Wildman–Crippen LogP) is 3.41. The molecule has 0 saturated carbocycles. The molecule has 7 heteroatoms. The minimum atomic E-state index is -2.60. The standard InChI is InChI=1S/C18H19F2N3O2/c1-25-18(24)12-4-2-11(3-5-12)14-8-13(6-7-21-14)15-9-23-16(10-22-15)17(19)20/h2-5,9-10,13-14,17,21H,6-8H2,1H3/t13?,14-/m0/s1. The SMILES string of the molecule is COC(=O)c1ccc([C@@H]2CC(c3cnc(C(F)F)cn3)CCN2)cc1.